The molecule has 2 aromatic heterocycles. The maximum Gasteiger partial charge on any atom is 0.297 e. The topological polar surface area (TPSA) is 181 Å². The largest absolute Gasteiger partial charge is 0.489 e. The van der Waals surface area contributed by atoms with Crippen molar-refractivity contribution in [2.24, 2.45) is 11.3 Å². The number of rotatable bonds is 11. The van der Waals surface area contributed by atoms with Gasteiger partial charge < -0.3 is 29.4 Å². The number of aromatic nitrogens is 2. The quantitative estimate of drug-likeness (QED) is 0.0852. The molecule has 2 saturated heterocycles. The summed E-state index contributed by atoms with van der Waals surface area (Å²) in [5.41, 5.74) is 5.35. The Morgan fingerprint density at radius 3 is 2.59 bits per heavy atom. The molecule has 63 heavy (non-hydrogen) atoms. The number of amides is 1. The van der Waals surface area contributed by atoms with Gasteiger partial charge >= 0.3 is 0 Å². The number of halogens is 1. The Morgan fingerprint density at radius 1 is 1.05 bits per heavy atom. The normalized spacial score (nSPS) is 19.5. The van der Waals surface area contributed by atoms with E-state index in [-0.39, 0.29) is 46.7 Å². The van der Waals surface area contributed by atoms with Gasteiger partial charge in [-0.05, 0) is 91.0 Å². The van der Waals surface area contributed by atoms with Crippen LogP contribution in [-0.2, 0) is 14.8 Å². The number of nitro groups is 1. The number of pyridine rings is 1. The lowest BCUT2D eigenvalue weighted by Gasteiger charge is -2.39. The highest BCUT2D eigenvalue weighted by Crippen LogP contribution is 2.44. The average Bonchev–Trinajstić information content (AvgIpc) is 3.75. The number of carbonyl (C=O) groups is 1. The molecule has 3 aliphatic heterocycles. The zero-order valence-electron chi connectivity index (χ0n) is 35.2. The summed E-state index contributed by atoms with van der Waals surface area (Å²) in [5.74, 6) is -0.325. The van der Waals surface area contributed by atoms with Gasteiger partial charge in [-0.1, -0.05) is 43.2 Å². The van der Waals surface area contributed by atoms with Gasteiger partial charge in [-0.2, -0.15) is 0 Å². The highest BCUT2D eigenvalue weighted by Gasteiger charge is 2.36. The number of sulfonamides is 1. The van der Waals surface area contributed by atoms with Gasteiger partial charge in [0, 0.05) is 86.4 Å². The van der Waals surface area contributed by atoms with Gasteiger partial charge in [-0.25, -0.2) is 18.1 Å². The molecule has 2 fully saturated rings. The minimum Gasteiger partial charge on any atom is -0.489 e. The minimum atomic E-state index is -4.65. The van der Waals surface area contributed by atoms with Crippen molar-refractivity contribution in [3.63, 3.8) is 0 Å². The van der Waals surface area contributed by atoms with Crippen LogP contribution >= 0.6 is 11.6 Å². The standard InChI is InChI=1S/C46H50ClN7O8S/c1-46(2)13-9-32(38(25-46)29-3-5-33(47)6-4-29)27-52-15-17-53(18-16-52)34-7-8-37(41(22-34)62-35-21-31-10-14-48-44(31)49-26-35)45(55)51-63(58,59)36-23-40(54(56)57)43-42(24-36)61-28-39(50-43)30-11-19-60-20-12-30/h3-8,10,14,21-24,26,30,39,50H,9,11-13,15-20,25,27-28H2,1-2H3,(H,48,49)(H,51,55). The third-order valence-electron chi connectivity index (χ3n) is 12.7. The molecule has 0 radical (unpaired) electrons. The number of nitrogens with zero attached hydrogens (tertiary/aromatic N) is 4. The summed E-state index contributed by atoms with van der Waals surface area (Å²) in [6, 6.07) is 18.8. The summed E-state index contributed by atoms with van der Waals surface area (Å²) in [6.07, 6.45) is 8.01. The SMILES string of the molecule is CC1(C)CCC(CN2CCN(c3ccc(C(=O)NS(=O)(=O)c4cc5c(c([N+](=O)[O-])c4)NC(C4CCOCC4)CO5)c(Oc4cnc5[nH]ccc5c4)c3)CC2)=C(c2ccc(Cl)cc2)C1. The lowest BCUT2D eigenvalue weighted by atomic mass is 9.72. The highest BCUT2D eigenvalue weighted by atomic mass is 35.5. The molecule has 1 unspecified atom stereocenters. The van der Waals surface area contributed by atoms with Crippen molar-refractivity contribution in [2.45, 2.75) is 56.9 Å². The number of anilines is 2. The number of benzene rings is 3. The van der Waals surface area contributed by atoms with E-state index in [0.717, 1.165) is 87.0 Å². The van der Waals surface area contributed by atoms with Crippen molar-refractivity contribution in [2.75, 3.05) is 62.8 Å². The molecule has 1 amide bonds. The smallest absolute Gasteiger partial charge is 0.297 e. The molecule has 3 N–H and O–H groups in total. The maximum atomic E-state index is 14.0. The number of allylic oxidation sites excluding steroid dienone is 1. The van der Waals surface area contributed by atoms with E-state index in [4.69, 9.17) is 25.8 Å². The molecule has 3 aromatic carbocycles. The average molecular weight is 896 g/mol. The van der Waals surface area contributed by atoms with Crippen LogP contribution < -0.4 is 24.4 Å². The summed E-state index contributed by atoms with van der Waals surface area (Å²) in [6.45, 7) is 9.98. The molecule has 5 aromatic rings. The van der Waals surface area contributed by atoms with Gasteiger partial charge in [-0.3, -0.25) is 19.8 Å². The van der Waals surface area contributed by atoms with Gasteiger partial charge in [0.1, 0.15) is 23.8 Å². The predicted molar refractivity (Wildman–Crippen MR) is 241 cm³/mol. The van der Waals surface area contributed by atoms with Gasteiger partial charge in [0.15, 0.2) is 11.4 Å². The predicted octanol–water partition coefficient (Wildman–Crippen LogP) is 8.42. The van der Waals surface area contributed by atoms with Crippen LogP contribution in [0.2, 0.25) is 5.02 Å². The number of ether oxygens (including phenoxy) is 3. The number of hydrogen-bond donors (Lipinski definition) is 3. The maximum absolute atomic E-state index is 14.0. The fourth-order valence-electron chi connectivity index (χ4n) is 9.13. The molecule has 1 atom stereocenters. The van der Waals surface area contributed by atoms with Crippen molar-refractivity contribution < 1.29 is 32.3 Å². The number of aromatic amines is 1. The van der Waals surface area contributed by atoms with E-state index in [2.05, 4.69) is 55.8 Å². The lowest BCUT2D eigenvalue weighted by molar-refractivity contribution is -0.384. The molecular weight excluding hydrogens is 846 g/mol. The van der Waals surface area contributed by atoms with Gasteiger partial charge in [0.05, 0.1) is 27.6 Å². The Labute approximate surface area is 371 Å². The fraction of sp³-hybridized carbons (Fsp3) is 0.391. The summed E-state index contributed by atoms with van der Waals surface area (Å²) in [5, 5.41) is 17.0. The number of fused-ring (bicyclic) bond motifs is 2. The molecule has 330 valence electrons. The molecule has 0 saturated carbocycles. The van der Waals surface area contributed by atoms with E-state index in [9.17, 15) is 23.3 Å². The molecule has 5 heterocycles. The van der Waals surface area contributed by atoms with Crippen molar-refractivity contribution >= 4 is 61.2 Å². The fourth-order valence-corrected chi connectivity index (χ4v) is 10.3. The first-order chi connectivity index (χ1) is 30.3. The summed E-state index contributed by atoms with van der Waals surface area (Å²) in [4.78, 5) is 37.4. The second-order valence-corrected chi connectivity index (χ2v) is 19.7. The molecule has 0 spiro atoms. The molecule has 17 heteroatoms. The van der Waals surface area contributed by atoms with Crippen LogP contribution in [-0.4, -0.2) is 92.7 Å². The number of piperazine rings is 1. The van der Waals surface area contributed by atoms with E-state index >= 15 is 0 Å². The second-order valence-electron chi connectivity index (χ2n) is 17.6. The summed E-state index contributed by atoms with van der Waals surface area (Å²) in [7, 11) is -4.65. The Bertz CT molecular complexity index is 2690. The zero-order chi connectivity index (χ0) is 43.9. The monoisotopic (exact) mass is 895 g/mol. The van der Waals surface area contributed by atoms with Crippen LogP contribution in [0.25, 0.3) is 16.6 Å². The first kappa shape index (κ1) is 42.6. The number of nitrogens with one attached hydrogen (secondary N) is 3. The van der Waals surface area contributed by atoms with E-state index in [1.165, 1.54) is 35.0 Å². The summed E-state index contributed by atoms with van der Waals surface area (Å²) < 4.78 is 47.6. The lowest BCUT2D eigenvalue weighted by Crippen LogP contribution is -2.47. The van der Waals surface area contributed by atoms with Crippen LogP contribution in [0.3, 0.4) is 0 Å². The third-order valence-corrected chi connectivity index (χ3v) is 14.3. The van der Waals surface area contributed by atoms with Gasteiger partial charge in [-0.15, -0.1) is 0 Å². The first-order valence-corrected chi connectivity index (χ1v) is 23.2. The Hall–Kier alpha value is -5.68. The van der Waals surface area contributed by atoms with E-state index in [0.29, 0.717) is 24.6 Å². The Kier molecular flexibility index (Phi) is 11.8. The third kappa shape index (κ3) is 9.35. The van der Waals surface area contributed by atoms with E-state index in [1.807, 2.05) is 18.2 Å². The van der Waals surface area contributed by atoms with Crippen LogP contribution in [0, 0.1) is 21.4 Å². The molecule has 1 aliphatic carbocycles. The van der Waals surface area contributed by atoms with Crippen LogP contribution in [0.5, 0.6) is 17.2 Å². The number of H-pyrrole nitrogens is 1. The first-order valence-electron chi connectivity index (χ1n) is 21.3. The van der Waals surface area contributed by atoms with E-state index < -0.39 is 31.4 Å². The number of carbonyl (C=O) groups excluding carboxylic acids is 1. The molecule has 4 aliphatic rings. The zero-order valence-corrected chi connectivity index (χ0v) is 36.8. The summed E-state index contributed by atoms with van der Waals surface area (Å²) >= 11 is 6.25. The minimum absolute atomic E-state index is 0.0165. The van der Waals surface area contributed by atoms with Crippen molar-refractivity contribution in [1.82, 2.24) is 19.6 Å². The highest BCUT2D eigenvalue weighted by molar-refractivity contribution is 7.90. The van der Waals surface area contributed by atoms with Gasteiger partial charge in [0.2, 0.25) is 0 Å². The molecule has 9 rings (SSSR count). The van der Waals surface area contributed by atoms with Gasteiger partial charge in [0.25, 0.3) is 21.6 Å². The van der Waals surface area contributed by atoms with Crippen molar-refractivity contribution in [1.29, 1.82) is 0 Å². The van der Waals surface area contributed by atoms with Crippen molar-refractivity contribution in [3.05, 3.63) is 111 Å². The van der Waals surface area contributed by atoms with Crippen molar-refractivity contribution in [3.8, 4) is 17.2 Å². The number of hydrogen-bond acceptors (Lipinski definition) is 12. The van der Waals surface area contributed by atoms with E-state index in [1.54, 1.807) is 24.4 Å². The van der Waals surface area contributed by atoms with Crippen LogP contribution in [0.4, 0.5) is 17.1 Å². The van der Waals surface area contributed by atoms with Crippen LogP contribution in [0.15, 0.2) is 89.6 Å². The molecule has 0 bridgehead atoms. The second kappa shape index (κ2) is 17.5. The Morgan fingerprint density at radius 2 is 1.83 bits per heavy atom. The molecular formula is C46H50ClN7O8S. The number of nitro benzene ring substituents is 1. The van der Waals surface area contributed by atoms with Crippen LogP contribution in [0.1, 0.15) is 61.9 Å². The Balaban J connectivity index is 0.947. The molecule has 15 nitrogen and oxygen atoms in total.